The van der Waals surface area contributed by atoms with Crippen molar-refractivity contribution in [1.82, 2.24) is 4.98 Å². The van der Waals surface area contributed by atoms with E-state index in [1.165, 1.54) is 51.4 Å². The van der Waals surface area contributed by atoms with Crippen LogP contribution in [-0.2, 0) is 11.2 Å². The molecule has 0 amide bonds. The number of pyridine rings is 1. The molecule has 2 nitrogen and oxygen atoms in total. The lowest BCUT2D eigenvalue weighted by Gasteiger charge is -2.37. The zero-order valence-electron chi connectivity index (χ0n) is 21.0. The van der Waals surface area contributed by atoms with Crippen molar-refractivity contribution in [2.24, 2.45) is 11.8 Å². The van der Waals surface area contributed by atoms with E-state index in [-0.39, 0.29) is 11.5 Å². The van der Waals surface area contributed by atoms with Crippen LogP contribution < -0.4 is 0 Å². The van der Waals surface area contributed by atoms with Gasteiger partial charge in [0.15, 0.2) is 11.6 Å². The highest BCUT2D eigenvalue weighted by Gasteiger charge is 2.32. The highest BCUT2D eigenvalue weighted by molar-refractivity contribution is 5.64. The van der Waals surface area contributed by atoms with Gasteiger partial charge in [0.1, 0.15) is 0 Å². The average Bonchev–Trinajstić information content (AvgIpc) is 2.88. The molecule has 1 saturated heterocycles. The molecule has 1 aliphatic heterocycles. The van der Waals surface area contributed by atoms with Crippen LogP contribution in [0.25, 0.3) is 11.1 Å². The monoisotopic (exact) mass is 469 g/mol. The smallest absolute Gasteiger partial charge is 0.166 e. The third kappa shape index (κ3) is 6.05. The van der Waals surface area contributed by atoms with Crippen LogP contribution in [0.2, 0.25) is 0 Å². The van der Waals surface area contributed by atoms with E-state index in [1.54, 1.807) is 18.3 Å². The Hall–Kier alpha value is -1.81. The van der Waals surface area contributed by atoms with Gasteiger partial charge in [0.05, 0.1) is 12.7 Å². The molecule has 2 heterocycles. The molecule has 0 bridgehead atoms. The first-order valence-electron chi connectivity index (χ1n) is 13.6. The third-order valence-electron chi connectivity index (χ3n) is 8.14. The van der Waals surface area contributed by atoms with Gasteiger partial charge in [-0.1, -0.05) is 77.0 Å². The van der Waals surface area contributed by atoms with Gasteiger partial charge in [0, 0.05) is 28.9 Å². The zero-order valence-corrected chi connectivity index (χ0v) is 21.0. The van der Waals surface area contributed by atoms with Crippen molar-refractivity contribution in [3.05, 3.63) is 53.4 Å². The molecule has 186 valence electrons. The normalized spacial score (nSPS) is 25.4. The summed E-state index contributed by atoms with van der Waals surface area (Å²) in [6, 6.07) is 7.19. The summed E-state index contributed by atoms with van der Waals surface area (Å²) in [6.45, 7) is 4.95. The summed E-state index contributed by atoms with van der Waals surface area (Å²) in [5, 5.41) is 0. The van der Waals surface area contributed by atoms with Crippen molar-refractivity contribution in [2.75, 3.05) is 6.61 Å². The molecule has 2 atom stereocenters. The number of halogens is 2. The maximum absolute atomic E-state index is 14.6. The molecule has 0 radical (unpaired) electrons. The third-order valence-corrected chi connectivity index (χ3v) is 8.14. The molecule has 0 N–H and O–H groups in total. The standard InChI is InChI=1S/C30H41F2NO/c1-3-5-6-8-21-9-11-22(12-10-21)28-18-15-25(20-34-28)27-17-14-24(19-33-27)26-16-13-23(7-4-2)29(31)30(26)32/h13-14,16-17,19,21-22,25,28H,3-12,15,18,20H2,1-2H3. The Balaban J connectivity index is 1.29. The van der Waals surface area contributed by atoms with Gasteiger partial charge in [-0.05, 0) is 55.6 Å². The number of hydrogen-bond acceptors (Lipinski definition) is 2. The molecule has 34 heavy (non-hydrogen) atoms. The molecule has 2 aliphatic rings. The lowest BCUT2D eigenvalue weighted by atomic mass is 9.75. The molecule has 1 saturated carbocycles. The van der Waals surface area contributed by atoms with E-state index in [4.69, 9.17) is 4.74 Å². The second-order valence-electron chi connectivity index (χ2n) is 10.5. The fourth-order valence-electron chi connectivity index (χ4n) is 5.99. The predicted octanol–water partition coefficient (Wildman–Crippen LogP) is 8.63. The number of benzene rings is 1. The van der Waals surface area contributed by atoms with Crippen molar-refractivity contribution < 1.29 is 13.5 Å². The summed E-state index contributed by atoms with van der Waals surface area (Å²) in [6.07, 6.45) is 16.5. The van der Waals surface area contributed by atoms with E-state index in [2.05, 4.69) is 11.9 Å². The van der Waals surface area contributed by atoms with Gasteiger partial charge < -0.3 is 4.74 Å². The van der Waals surface area contributed by atoms with Gasteiger partial charge in [-0.3, -0.25) is 4.98 Å². The fourth-order valence-corrected chi connectivity index (χ4v) is 5.99. The van der Waals surface area contributed by atoms with Crippen molar-refractivity contribution >= 4 is 0 Å². The highest BCUT2D eigenvalue weighted by atomic mass is 19.2. The molecule has 2 unspecified atom stereocenters. The van der Waals surface area contributed by atoms with E-state index in [0.29, 0.717) is 36.2 Å². The van der Waals surface area contributed by atoms with E-state index >= 15 is 0 Å². The van der Waals surface area contributed by atoms with E-state index < -0.39 is 11.6 Å². The number of nitrogens with zero attached hydrogens (tertiary/aromatic N) is 1. The molecular formula is C30H41F2NO. The maximum atomic E-state index is 14.6. The van der Waals surface area contributed by atoms with E-state index in [9.17, 15) is 8.78 Å². The largest absolute Gasteiger partial charge is 0.377 e. The minimum absolute atomic E-state index is 0.279. The van der Waals surface area contributed by atoms with Crippen LogP contribution in [0.15, 0.2) is 30.5 Å². The minimum atomic E-state index is -0.774. The number of ether oxygens (including phenoxy) is 1. The fraction of sp³-hybridized carbons (Fsp3) is 0.633. The summed E-state index contributed by atoms with van der Waals surface area (Å²) < 4.78 is 35.4. The Morgan fingerprint density at radius 3 is 2.35 bits per heavy atom. The van der Waals surface area contributed by atoms with Crippen molar-refractivity contribution in [1.29, 1.82) is 0 Å². The molecule has 0 spiro atoms. The van der Waals surface area contributed by atoms with Crippen molar-refractivity contribution in [3.8, 4) is 11.1 Å². The van der Waals surface area contributed by atoms with Crippen LogP contribution in [0.3, 0.4) is 0 Å². The Morgan fingerprint density at radius 2 is 1.71 bits per heavy atom. The second kappa shape index (κ2) is 12.2. The van der Waals surface area contributed by atoms with Gasteiger partial charge in [-0.25, -0.2) is 8.78 Å². The van der Waals surface area contributed by atoms with Crippen LogP contribution >= 0.6 is 0 Å². The lowest BCUT2D eigenvalue weighted by Crippen LogP contribution is -2.33. The molecule has 1 aromatic carbocycles. The highest BCUT2D eigenvalue weighted by Crippen LogP contribution is 2.39. The Labute approximate surface area is 204 Å². The Bertz CT molecular complexity index is 897. The topological polar surface area (TPSA) is 22.1 Å². The molecular weight excluding hydrogens is 428 g/mol. The van der Waals surface area contributed by atoms with Gasteiger partial charge in [-0.2, -0.15) is 0 Å². The zero-order chi connectivity index (χ0) is 23.9. The summed E-state index contributed by atoms with van der Waals surface area (Å²) >= 11 is 0. The van der Waals surface area contributed by atoms with Crippen LogP contribution in [0.5, 0.6) is 0 Å². The summed E-state index contributed by atoms with van der Waals surface area (Å²) in [5.74, 6) is 0.425. The van der Waals surface area contributed by atoms with Crippen LogP contribution in [0.4, 0.5) is 8.78 Å². The second-order valence-corrected chi connectivity index (χ2v) is 10.5. The summed E-state index contributed by atoms with van der Waals surface area (Å²) in [5.41, 5.74) is 2.33. The van der Waals surface area contributed by atoms with Gasteiger partial charge in [0.2, 0.25) is 0 Å². The molecule has 4 rings (SSSR count). The first kappa shape index (κ1) is 25.3. The van der Waals surface area contributed by atoms with Crippen molar-refractivity contribution in [2.45, 2.75) is 103 Å². The van der Waals surface area contributed by atoms with Gasteiger partial charge in [-0.15, -0.1) is 0 Å². The number of rotatable bonds is 9. The SMILES string of the molecule is CCCCCC1CCC(C2CCC(c3ccc(-c4ccc(CCC)c(F)c4F)cn3)CO2)CC1. The molecule has 2 aromatic rings. The van der Waals surface area contributed by atoms with Crippen LogP contribution in [0.1, 0.15) is 102 Å². The van der Waals surface area contributed by atoms with Crippen molar-refractivity contribution in [3.63, 3.8) is 0 Å². The summed E-state index contributed by atoms with van der Waals surface area (Å²) in [4.78, 5) is 4.62. The first-order valence-corrected chi connectivity index (χ1v) is 13.6. The van der Waals surface area contributed by atoms with Crippen LogP contribution in [-0.4, -0.2) is 17.7 Å². The summed E-state index contributed by atoms with van der Waals surface area (Å²) in [7, 11) is 0. The lowest BCUT2D eigenvalue weighted by molar-refractivity contribution is -0.0441. The van der Waals surface area contributed by atoms with E-state index in [1.807, 2.05) is 19.1 Å². The Kier molecular flexibility index (Phi) is 9.10. The van der Waals surface area contributed by atoms with Gasteiger partial charge >= 0.3 is 0 Å². The number of hydrogen-bond donors (Lipinski definition) is 0. The molecule has 4 heteroatoms. The number of unbranched alkanes of at least 4 members (excludes halogenated alkanes) is 2. The molecule has 1 aromatic heterocycles. The maximum Gasteiger partial charge on any atom is 0.166 e. The van der Waals surface area contributed by atoms with E-state index in [0.717, 1.165) is 30.9 Å². The average molecular weight is 470 g/mol. The van der Waals surface area contributed by atoms with Gasteiger partial charge in [0.25, 0.3) is 0 Å². The first-order chi connectivity index (χ1) is 16.6. The molecule has 1 aliphatic carbocycles. The predicted molar refractivity (Wildman–Crippen MR) is 135 cm³/mol. The minimum Gasteiger partial charge on any atom is -0.377 e. The molecule has 2 fully saturated rings. The Morgan fingerprint density at radius 1 is 0.882 bits per heavy atom. The quantitative estimate of drug-likeness (QED) is 0.343. The number of aryl methyl sites for hydroxylation is 1. The van der Waals surface area contributed by atoms with Crippen LogP contribution in [0, 0.1) is 23.5 Å². The number of aromatic nitrogens is 1.